The van der Waals surface area contributed by atoms with Crippen LogP contribution in [-0.4, -0.2) is 28.6 Å². The molecule has 0 saturated heterocycles. The molecule has 18 heavy (non-hydrogen) atoms. The fourth-order valence-corrected chi connectivity index (χ4v) is 5.30. The van der Waals surface area contributed by atoms with Gasteiger partial charge in [-0.05, 0) is 12.1 Å². The minimum Gasteiger partial charge on any atom is -0.326 e. The van der Waals surface area contributed by atoms with Crippen molar-refractivity contribution < 1.29 is 16.8 Å². The van der Waals surface area contributed by atoms with Gasteiger partial charge in [0.2, 0.25) is 0 Å². The van der Waals surface area contributed by atoms with E-state index in [-0.39, 0.29) is 16.5 Å². The van der Waals surface area contributed by atoms with Crippen molar-refractivity contribution in [1.82, 2.24) is 4.72 Å². The lowest BCUT2D eigenvalue weighted by atomic mass is 10.4. The molecule has 0 bridgehead atoms. The van der Waals surface area contributed by atoms with E-state index in [4.69, 9.17) is 5.73 Å². The average Bonchev–Trinajstić information content (AvgIpc) is 2.84. The Labute approximate surface area is 109 Å². The number of hydrogen-bond acceptors (Lipinski definition) is 6. The molecular formula is C9H12N2O4S3. The van der Waals surface area contributed by atoms with E-state index >= 15 is 0 Å². The molecule has 2 heterocycles. The number of nitrogens with one attached hydrogen (secondary N) is 1. The zero-order chi connectivity index (χ0) is 13.4. The van der Waals surface area contributed by atoms with E-state index < -0.39 is 25.9 Å². The summed E-state index contributed by atoms with van der Waals surface area (Å²) in [5.41, 5.74) is 5.41. The molecule has 1 atom stereocenters. The summed E-state index contributed by atoms with van der Waals surface area (Å²) in [6.45, 7) is 0.276. The Balaban J connectivity index is 2.16. The Morgan fingerprint density at radius 3 is 2.67 bits per heavy atom. The Bertz CT molecular complexity index is 672. The Morgan fingerprint density at radius 2 is 2.17 bits per heavy atom. The monoisotopic (exact) mass is 308 g/mol. The van der Waals surface area contributed by atoms with E-state index in [9.17, 15) is 16.8 Å². The van der Waals surface area contributed by atoms with Gasteiger partial charge in [0.15, 0.2) is 9.84 Å². The summed E-state index contributed by atoms with van der Waals surface area (Å²) in [4.78, 5) is 0.755. The van der Waals surface area contributed by atoms with Crippen LogP contribution in [0.4, 0.5) is 0 Å². The third-order valence-corrected chi connectivity index (χ3v) is 6.82. The second-order valence-corrected chi connectivity index (χ2v) is 8.85. The van der Waals surface area contributed by atoms with Crippen LogP contribution in [0.25, 0.3) is 0 Å². The van der Waals surface area contributed by atoms with Crippen LogP contribution in [0.3, 0.4) is 0 Å². The highest BCUT2D eigenvalue weighted by Crippen LogP contribution is 2.22. The van der Waals surface area contributed by atoms with Gasteiger partial charge in [-0.3, -0.25) is 0 Å². The molecule has 3 N–H and O–H groups in total. The van der Waals surface area contributed by atoms with Crippen molar-refractivity contribution in [2.45, 2.75) is 16.8 Å². The summed E-state index contributed by atoms with van der Waals surface area (Å²) >= 11 is 1.07. The van der Waals surface area contributed by atoms with Gasteiger partial charge < -0.3 is 5.73 Å². The summed E-state index contributed by atoms with van der Waals surface area (Å²) in [5.74, 6) is -0.235. The van der Waals surface area contributed by atoms with Crippen LogP contribution in [0.5, 0.6) is 0 Å². The van der Waals surface area contributed by atoms with Gasteiger partial charge in [0.25, 0.3) is 10.0 Å². The van der Waals surface area contributed by atoms with Gasteiger partial charge in [0, 0.05) is 16.8 Å². The molecule has 0 aliphatic carbocycles. The van der Waals surface area contributed by atoms with E-state index in [0.29, 0.717) is 0 Å². The molecule has 1 aromatic heterocycles. The average molecular weight is 308 g/mol. The van der Waals surface area contributed by atoms with Gasteiger partial charge >= 0.3 is 0 Å². The van der Waals surface area contributed by atoms with Gasteiger partial charge in [-0.15, -0.1) is 11.3 Å². The summed E-state index contributed by atoms with van der Waals surface area (Å²) in [5, 5.41) is 1.03. The first-order valence-electron chi connectivity index (χ1n) is 5.04. The minimum absolute atomic E-state index is 0.139. The molecule has 0 radical (unpaired) electrons. The van der Waals surface area contributed by atoms with E-state index in [2.05, 4.69) is 4.72 Å². The van der Waals surface area contributed by atoms with Crippen LogP contribution in [-0.2, 0) is 26.4 Å². The van der Waals surface area contributed by atoms with Crippen molar-refractivity contribution in [3.8, 4) is 0 Å². The maximum Gasteiger partial charge on any atom is 0.250 e. The molecular weight excluding hydrogens is 296 g/mol. The molecule has 1 aliphatic rings. The molecule has 2 rings (SSSR count). The first-order chi connectivity index (χ1) is 8.32. The first-order valence-corrected chi connectivity index (χ1v) is 9.06. The highest BCUT2D eigenvalue weighted by Gasteiger charge is 2.27. The summed E-state index contributed by atoms with van der Waals surface area (Å²) in [6, 6.07) is 2.39. The normalized spacial score (nSPS) is 22.4. The summed E-state index contributed by atoms with van der Waals surface area (Å²) < 4.78 is 48.8. The van der Waals surface area contributed by atoms with Crippen LogP contribution in [0.15, 0.2) is 27.8 Å². The molecule has 0 saturated carbocycles. The zero-order valence-corrected chi connectivity index (χ0v) is 11.7. The number of nitrogens with two attached hydrogens (primary N) is 1. The maximum absolute atomic E-state index is 12.0. The molecule has 0 amide bonds. The van der Waals surface area contributed by atoms with Gasteiger partial charge in [-0.2, -0.15) is 0 Å². The largest absolute Gasteiger partial charge is 0.326 e. The van der Waals surface area contributed by atoms with E-state index in [1.807, 2.05) is 0 Å². The second kappa shape index (κ2) is 4.74. The number of sulfonamides is 1. The minimum atomic E-state index is -3.69. The highest BCUT2D eigenvalue weighted by atomic mass is 32.2. The van der Waals surface area contributed by atoms with E-state index in [1.165, 1.54) is 12.1 Å². The molecule has 100 valence electrons. The number of rotatable bonds is 4. The van der Waals surface area contributed by atoms with Gasteiger partial charge in [-0.25, -0.2) is 21.6 Å². The Morgan fingerprint density at radius 1 is 1.44 bits per heavy atom. The van der Waals surface area contributed by atoms with Crippen LogP contribution in [0.1, 0.15) is 4.88 Å². The zero-order valence-electron chi connectivity index (χ0n) is 9.24. The van der Waals surface area contributed by atoms with Crippen LogP contribution >= 0.6 is 11.3 Å². The van der Waals surface area contributed by atoms with Crippen LogP contribution < -0.4 is 10.5 Å². The van der Waals surface area contributed by atoms with Gasteiger partial charge in [0.1, 0.15) is 4.21 Å². The molecule has 0 fully saturated rings. The van der Waals surface area contributed by atoms with Gasteiger partial charge in [0.05, 0.1) is 11.8 Å². The summed E-state index contributed by atoms with van der Waals surface area (Å²) in [7, 11) is -6.96. The van der Waals surface area contributed by atoms with E-state index in [1.54, 1.807) is 6.07 Å². The quantitative estimate of drug-likeness (QED) is 0.801. The van der Waals surface area contributed by atoms with Crippen LogP contribution in [0, 0.1) is 0 Å². The Kier molecular flexibility index (Phi) is 3.60. The summed E-state index contributed by atoms with van der Waals surface area (Å²) in [6.07, 6.45) is 1.34. The van der Waals surface area contributed by atoms with Crippen LogP contribution in [0.2, 0.25) is 0 Å². The Hall–Kier alpha value is -0.740. The molecule has 1 aliphatic heterocycles. The first kappa shape index (κ1) is 13.7. The lowest BCUT2D eigenvalue weighted by Crippen LogP contribution is -2.35. The molecule has 0 spiro atoms. The fraction of sp³-hybridized carbons (Fsp3) is 0.333. The smallest absolute Gasteiger partial charge is 0.250 e. The lowest BCUT2D eigenvalue weighted by Gasteiger charge is -2.08. The third-order valence-electron chi connectivity index (χ3n) is 2.34. The molecule has 0 aromatic carbocycles. The van der Waals surface area contributed by atoms with E-state index in [0.717, 1.165) is 21.6 Å². The second-order valence-electron chi connectivity index (χ2n) is 3.81. The van der Waals surface area contributed by atoms with Crippen molar-refractivity contribution in [3.63, 3.8) is 0 Å². The third kappa shape index (κ3) is 2.98. The predicted molar refractivity (Wildman–Crippen MR) is 69.2 cm³/mol. The number of hydrogen-bond donors (Lipinski definition) is 2. The molecule has 6 nitrogen and oxygen atoms in total. The van der Waals surface area contributed by atoms with Gasteiger partial charge in [-0.1, -0.05) is 6.08 Å². The highest BCUT2D eigenvalue weighted by molar-refractivity contribution is 7.94. The fourth-order valence-electron chi connectivity index (χ4n) is 1.52. The number of sulfone groups is 1. The lowest BCUT2D eigenvalue weighted by molar-refractivity contribution is 0.577. The van der Waals surface area contributed by atoms with Crippen molar-refractivity contribution >= 4 is 31.2 Å². The van der Waals surface area contributed by atoms with Crippen molar-refractivity contribution in [2.75, 3.05) is 5.75 Å². The molecule has 9 heteroatoms. The molecule has 1 unspecified atom stereocenters. The maximum atomic E-state index is 12.0. The number of thiophene rings is 1. The SMILES string of the molecule is NCc1ccc(S(=O)(=O)NC2C=CS(=O)(=O)C2)s1. The van der Waals surface area contributed by atoms with Crippen molar-refractivity contribution in [3.05, 3.63) is 28.5 Å². The topological polar surface area (TPSA) is 106 Å². The predicted octanol–water partition coefficient (Wildman–Crippen LogP) is -0.204. The van der Waals surface area contributed by atoms with Crippen molar-refractivity contribution in [2.24, 2.45) is 5.73 Å². The standard InChI is InChI=1S/C9H12N2O4S3/c10-5-8-1-2-9(16-8)18(14,15)11-7-3-4-17(12,13)6-7/h1-4,7,11H,5-6,10H2. The van der Waals surface area contributed by atoms with Crippen molar-refractivity contribution in [1.29, 1.82) is 0 Å². The molecule has 1 aromatic rings.